The van der Waals surface area contributed by atoms with Gasteiger partial charge in [-0.2, -0.15) is 0 Å². The van der Waals surface area contributed by atoms with Crippen molar-refractivity contribution in [3.05, 3.63) is 134 Å². The minimum atomic E-state index is 0.853. The van der Waals surface area contributed by atoms with Crippen LogP contribution in [0.2, 0.25) is 0 Å². The largest absolute Gasteiger partial charge is 0.454 e. The number of imidazole rings is 1. The molecule has 0 saturated carbocycles. The van der Waals surface area contributed by atoms with E-state index in [0.717, 1.165) is 93.7 Å². The minimum Gasteiger partial charge on any atom is -0.454 e. The van der Waals surface area contributed by atoms with E-state index in [1.165, 1.54) is 0 Å². The monoisotopic (exact) mass is 562 g/mol. The van der Waals surface area contributed by atoms with Crippen LogP contribution in [-0.2, 0) is 0 Å². The molecule has 0 aliphatic carbocycles. The molecular weight excluding hydrogens is 540 g/mol. The quantitative estimate of drug-likeness (QED) is 0.197. The summed E-state index contributed by atoms with van der Waals surface area (Å²) in [5.41, 5.74) is 11.8. The van der Waals surface area contributed by atoms with E-state index in [2.05, 4.69) is 125 Å². The highest BCUT2D eigenvalue weighted by Crippen LogP contribution is 2.39. The van der Waals surface area contributed by atoms with E-state index in [0.29, 0.717) is 0 Å². The lowest BCUT2D eigenvalue weighted by Crippen LogP contribution is -1.90. The maximum Gasteiger partial charge on any atom is 0.160 e. The van der Waals surface area contributed by atoms with Gasteiger partial charge in [-0.3, -0.25) is 9.38 Å². The van der Waals surface area contributed by atoms with Crippen molar-refractivity contribution in [2.45, 2.75) is 0 Å². The molecule has 204 valence electrons. The number of hydrogen-bond donors (Lipinski definition) is 0. The molecule has 0 bridgehead atoms. The first kappa shape index (κ1) is 23.5. The van der Waals surface area contributed by atoms with E-state index in [4.69, 9.17) is 14.4 Å². The second-order valence-electron chi connectivity index (χ2n) is 11.3. The van der Waals surface area contributed by atoms with Gasteiger partial charge in [0.25, 0.3) is 0 Å². The van der Waals surface area contributed by atoms with Crippen molar-refractivity contribution < 1.29 is 4.42 Å². The summed E-state index contributed by atoms with van der Waals surface area (Å²) in [4.78, 5) is 14.8. The van der Waals surface area contributed by atoms with Crippen molar-refractivity contribution in [1.82, 2.24) is 19.4 Å². The number of rotatable bonds is 2. The molecule has 0 saturated heterocycles. The Hall–Kier alpha value is -6.07. The lowest BCUT2D eigenvalue weighted by Gasteiger charge is -2.08. The first-order valence-electron chi connectivity index (χ1n) is 14.7. The zero-order valence-electron chi connectivity index (χ0n) is 23.4. The van der Waals surface area contributed by atoms with Crippen molar-refractivity contribution in [1.29, 1.82) is 0 Å². The van der Waals surface area contributed by atoms with Gasteiger partial charge in [-0.15, -0.1) is 0 Å². The predicted octanol–water partition coefficient (Wildman–Crippen LogP) is 9.97. The summed E-state index contributed by atoms with van der Waals surface area (Å²) in [6.07, 6.45) is 1.83. The molecule has 5 heterocycles. The standard InChI is InChI=1S/C39H22N4O/c1-2-11-29-28(10-1)38-37(43-33-13-4-3-12-32(33)42-39(29)43)30-22-26(17-19-34(30)44-38)25-7-5-8-27(21-25)31-18-16-24-15-14-23-9-6-20-40-35(23)36(24)41-31/h1-22H. The first-order chi connectivity index (χ1) is 21.8. The molecule has 5 heteroatoms. The van der Waals surface area contributed by atoms with E-state index in [1.807, 2.05) is 18.3 Å². The third kappa shape index (κ3) is 3.26. The van der Waals surface area contributed by atoms with E-state index in [1.54, 1.807) is 0 Å². The summed E-state index contributed by atoms with van der Waals surface area (Å²) in [5.74, 6) is 0. The lowest BCUT2D eigenvalue weighted by molar-refractivity contribution is 0.672. The molecule has 0 aliphatic rings. The van der Waals surface area contributed by atoms with Crippen molar-refractivity contribution >= 4 is 71.3 Å². The molecule has 10 aromatic rings. The highest BCUT2D eigenvalue weighted by atomic mass is 16.3. The Balaban J connectivity index is 1.20. The Bertz CT molecular complexity index is 2790. The molecule has 0 amide bonds. The highest BCUT2D eigenvalue weighted by molar-refractivity contribution is 6.19. The first-order valence-corrected chi connectivity index (χ1v) is 14.7. The second kappa shape index (κ2) is 8.72. The molecule has 0 atom stereocenters. The molecule has 0 unspecified atom stereocenters. The summed E-state index contributed by atoms with van der Waals surface area (Å²) in [5, 5.41) is 5.37. The van der Waals surface area contributed by atoms with Crippen LogP contribution in [0, 0.1) is 0 Å². The molecule has 0 N–H and O–H groups in total. The highest BCUT2D eigenvalue weighted by Gasteiger charge is 2.19. The van der Waals surface area contributed by atoms with Crippen LogP contribution >= 0.6 is 0 Å². The van der Waals surface area contributed by atoms with Gasteiger partial charge >= 0.3 is 0 Å². The predicted molar refractivity (Wildman–Crippen MR) is 179 cm³/mol. The van der Waals surface area contributed by atoms with Crippen LogP contribution in [0.1, 0.15) is 0 Å². The number of para-hydroxylation sites is 2. The van der Waals surface area contributed by atoms with Crippen LogP contribution in [0.5, 0.6) is 0 Å². The SMILES string of the molecule is c1cc(-c2ccc3oc4c5ccccc5c5nc6ccccc6n5c4c3c2)cc(-c2ccc3ccc4cccnc4c3n2)c1. The van der Waals surface area contributed by atoms with Gasteiger partial charge in [0.1, 0.15) is 16.7 Å². The van der Waals surface area contributed by atoms with Gasteiger partial charge in [0.15, 0.2) is 5.58 Å². The van der Waals surface area contributed by atoms with Gasteiger partial charge in [-0.1, -0.05) is 84.9 Å². The van der Waals surface area contributed by atoms with Crippen molar-refractivity contribution in [3.63, 3.8) is 0 Å². The van der Waals surface area contributed by atoms with Crippen molar-refractivity contribution in [3.8, 4) is 22.4 Å². The number of nitrogens with zero attached hydrogens (tertiary/aromatic N) is 4. The number of benzene rings is 5. The van der Waals surface area contributed by atoms with Crippen LogP contribution < -0.4 is 0 Å². The Labute approximate surface area is 250 Å². The third-order valence-corrected chi connectivity index (χ3v) is 8.78. The molecule has 44 heavy (non-hydrogen) atoms. The van der Waals surface area contributed by atoms with Crippen LogP contribution in [0.3, 0.4) is 0 Å². The fourth-order valence-corrected chi connectivity index (χ4v) is 6.72. The third-order valence-electron chi connectivity index (χ3n) is 8.78. The van der Waals surface area contributed by atoms with Gasteiger partial charge in [0.2, 0.25) is 0 Å². The van der Waals surface area contributed by atoms with Crippen LogP contribution in [-0.4, -0.2) is 19.4 Å². The topological polar surface area (TPSA) is 56.2 Å². The average Bonchev–Trinajstić information content (AvgIpc) is 3.67. The minimum absolute atomic E-state index is 0.853. The van der Waals surface area contributed by atoms with Gasteiger partial charge in [-0.05, 0) is 53.6 Å². The van der Waals surface area contributed by atoms with Crippen molar-refractivity contribution in [2.24, 2.45) is 0 Å². The Morgan fingerprint density at radius 2 is 1.34 bits per heavy atom. The zero-order valence-corrected chi connectivity index (χ0v) is 23.4. The van der Waals surface area contributed by atoms with E-state index < -0.39 is 0 Å². The van der Waals surface area contributed by atoms with Crippen LogP contribution in [0.4, 0.5) is 0 Å². The summed E-state index contributed by atoms with van der Waals surface area (Å²) >= 11 is 0. The summed E-state index contributed by atoms with van der Waals surface area (Å²) in [6.45, 7) is 0. The molecule has 5 nitrogen and oxygen atoms in total. The number of hydrogen-bond acceptors (Lipinski definition) is 4. The Kier molecular flexibility index (Phi) is 4.66. The molecule has 5 aromatic carbocycles. The van der Waals surface area contributed by atoms with Crippen molar-refractivity contribution in [2.75, 3.05) is 0 Å². The van der Waals surface area contributed by atoms with Crippen LogP contribution in [0.25, 0.3) is 93.7 Å². The maximum atomic E-state index is 6.59. The Morgan fingerprint density at radius 3 is 2.30 bits per heavy atom. The van der Waals surface area contributed by atoms with Crippen LogP contribution in [0.15, 0.2) is 138 Å². The smallest absolute Gasteiger partial charge is 0.160 e. The van der Waals surface area contributed by atoms with Gasteiger partial charge < -0.3 is 4.42 Å². The second-order valence-corrected chi connectivity index (χ2v) is 11.3. The number of fused-ring (bicyclic) bond motifs is 13. The number of aromatic nitrogens is 4. The molecule has 0 radical (unpaired) electrons. The molecule has 0 aliphatic heterocycles. The number of pyridine rings is 3. The zero-order chi connectivity index (χ0) is 28.8. The molecule has 10 rings (SSSR count). The molecule has 0 spiro atoms. The Morgan fingerprint density at radius 1 is 0.545 bits per heavy atom. The molecule has 5 aromatic heterocycles. The number of furan rings is 1. The molecule has 0 fully saturated rings. The summed E-state index contributed by atoms with van der Waals surface area (Å²) < 4.78 is 8.85. The van der Waals surface area contributed by atoms with Gasteiger partial charge in [0.05, 0.1) is 27.8 Å². The van der Waals surface area contributed by atoms with E-state index in [-0.39, 0.29) is 0 Å². The molecular formula is C39H22N4O. The summed E-state index contributed by atoms with van der Waals surface area (Å²) in [7, 11) is 0. The fourth-order valence-electron chi connectivity index (χ4n) is 6.72. The van der Waals surface area contributed by atoms with Gasteiger partial charge in [-0.25, -0.2) is 9.97 Å². The lowest BCUT2D eigenvalue weighted by atomic mass is 9.99. The van der Waals surface area contributed by atoms with E-state index >= 15 is 0 Å². The fraction of sp³-hybridized carbons (Fsp3) is 0. The maximum absolute atomic E-state index is 6.59. The van der Waals surface area contributed by atoms with E-state index in [9.17, 15) is 0 Å². The average molecular weight is 563 g/mol. The normalized spacial score (nSPS) is 12.1. The summed E-state index contributed by atoms with van der Waals surface area (Å²) in [6, 6.07) is 44.2. The van der Waals surface area contributed by atoms with Gasteiger partial charge in [0, 0.05) is 38.7 Å².